The van der Waals surface area contributed by atoms with Gasteiger partial charge in [-0.1, -0.05) is 5.16 Å². The van der Waals surface area contributed by atoms with E-state index in [2.05, 4.69) is 15.5 Å². The van der Waals surface area contributed by atoms with Gasteiger partial charge in [-0.2, -0.15) is 16.3 Å². The average molecular weight is 309 g/mol. The number of aromatic nitrogens is 2. The largest absolute Gasteiger partial charge is 0.382 e. The summed E-state index contributed by atoms with van der Waals surface area (Å²) in [5.74, 6) is 1.05. The zero-order chi connectivity index (χ0) is 14.9. The molecule has 2 heterocycles. The molecule has 0 aromatic carbocycles. The minimum atomic E-state index is -0.0122. The molecule has 0 saturated carbocycles. The number of hydrogen-bond donors (Lipinski definition) is 1. The first-order chi connectivity index (χ1) is 10.3. The zero-order valence-electron chi connectivity index (χ0n) is 12.0. The normalized spacial score (nSPS) is 10.7. The second-order valence-electron chi connectivity index (χ2n) is 4.42. The lowest BCUT2D eigenvalue weighted by Crippen LogP contribution is -2.25. The molecule has 0 atom stereocenters. The van der Waals surface area contributed by atoms with Crippen molar-refractivity contribution < 1.29 is 14.1 Å². The fourth-order valence-corrected chi connectivity index (χ4v) is 2.35. The van der Waals surface area contributed by atoms with Gasteiger partial charge in [0.25, 0.3) is 0 Å². The van der Waals surface area contributed by atoms with Crippen molar-refractivity contribution in [1.29, 1.82) is 0 Å². The van der Waals surface area contributed by atoms with Crippen molar-refractivity contribution in [3.05, 3.63) is 22.7 Å². The van der Waals surface area contributed by atoms with Crippen molar-refractivity contribution in [2.24, 2.45) is 0 Å². The molecule has 0 aliphatic carbocycles. The third-order valence-electron chi connectivity index (χ3n) is 2.81. The minimum Gasteiger partial charge on any atom is -0.382 e. The summed E-state index contributed by atoms with van der Waals surface area (Å²) in [6.07, 6.45) is 1.62. The van der Waals surface area contributed by atoms with Crippen molar-refractivity contribution in [1.82, 2.24) is 15.5 Å². The lowest BCUT2D eigenvalue weighted by Gasteiger charge is -2.04. The number of rotatable bonds is 9. The highest BCUT2D eigenvalue weighted by molar-refractivity contribution is 7.08. The van der Waals surface area contributed by atoms with Crippen LogP contribution in [0.25, 0.3) is 11.4 Å². The summed E-state index contributed by atoms with van der Waals surface area (Å²) in [5, 5.41) is 10.7. The molecule has 0 aliphatic rings. The van der Waals surface area contributed by atoms with Crippen LogP contribution in [0.1, 0.15) is 25.7 Å². The second kappa shape index (κ2) is 8.53. The van der Waals surface area contributed by atoms with Gasteiger partial charge >= 0.3 is 0 Å². The van der Waals surface area contributed by atoms with E-state index in [1.165, 1.54) is 0 Å². The van der Waals surface area contributed by atoms with Gasteiger partial charge in [0, 0.05) is 43.5 Å². The topological polar surface area (TPSA) is 77.2 Å². The van der Waals surface area contributed by atoms with E-state index in [9.17, 15) is 4.79 Å². The lowest BCUT2D eigenvalue weighted by atomic mass is 10.3. The van der Waals surface area contributed by atoms with E-state index in [-0.39, 0.29) is 5.91 Å². The minimum absolute atomic E-state index is 0.0122. The van der Waals surface area contributed by atoms with Crippen molar-refractivity contribution in [3.63, 3.8) is 0 Å². The van der Waals surface area contributed by atoms with Gasteiger partial charge in [-0.05, 0) is 24.8 Å². The monoisotopic (exact) mass is 309 g/mol. The predicted octanol–water partition coefficient (Wildman–Crippen LogP) is 2.27. The first-order valence-electron chi connectivity index (χ1n) is 6.99. The Hall–Kier alpha value is -1.73. The van der Waals surface area contributed by atoms with E-state index in [0.717, 1.165) is 12.0 Å². The second-order valence-corrected chi connectivity index (χ2v) is 5.20. The van der Waals surface area contributed by atoms with E-state index >= 15 is 0 Å². The maximum Gasteiger partial charge on any atom is 0.227 e. The van der Waals surface area contributed by atoms with Crippen LogP contribution in [0.3, 0.4) is 0 Å². The Morgan fingerprint density at radius 1 is 1.52 bits per heavy atom. The van der Waals surface area contributed by atoms with Crippen molar-refractivity contribution in [3.8, 4) is 11.4 Å². The van der Waals surface area contributed by atoms with Crippen LogP contribution >= 0.6 is 11.3 Å². The highest BCUT2D eigenvalue weighted by Crippen LogP contribution is 2.18. The van der Waals surface area contributed by atoms with E-state index in [0.29, 0.717) is 44.3 Å². The number of aryl methyl sites for hydroxylation is 1. The summed E-state index contributed by atoms with van der Waals surface area (Å²) in [6, 6.07) is 1.93. The fraction of sp³-hybridized carbons (Fsp3) is 0.500. The van der Waals surface area contributed by atoms with Crippen molar-refractivity contribution >= 4 is 17.2 Å². The summed E-state index contributed by atoms with van der Waals surface area (Å²) in [7, 11) is 0. The number of carbonyl (C=O) groups is 1. The molecule has 2 aromatic rings. The number of amides is 1. The molecule has 0 radical (unpaired) electrons. The average Bonchev–Trinajstić information content (AvgIpc) is 3.15. The van der Waals surface area contributed by atoms with Gasteiger partial charge in [-0.3, -0.25) is 4.79 Å². The lowest BCUT2D eigenvalue weighted by molar-refractivity contribution is -0.121. The van der Waals surface area contributed by atoms with E-state index in [1.54, 1.807) is 11.3 Å². The summed E-state index contributed by atoms with van der Waals surface area (Å²) in [4.78, 5) is 15.9. The third kappa shape index (κ3) is 5.28. The molecule has 1 amide bonds. The number of hydrogen-bond acceptors (Lipinski definition) is 6. The van der Waals surface area contributed by atoms with Gasteiger partial charge in [-0.15, -0.1) is 0 Å². The summed E-state index contributed by atoms with van der Waals surface area (Å²) in [6.45, 7) is 3.96. The first kappa shape index (κ1) is 15.7. The number of nitrogens with zero attached hydrogens (tertiary/aromatic N) is 2. The van der Waals surface area contributed by atoms with Crippen LogP contribution in [-0.4, -0.2) is 35.8 Å². The summed E-state index contributed by atoms with van der Waals surface area (Å²) in [5.41, 5.74) is 0.940. The molecular formula is C14H19N3O3S. The van der Waals surface area contributed by atoms with Crippen LogP contribution in [0.4, 0.5) is 0 Å². The van der Waals surface area contributed by atoms with Gasteiger partial charge in [0.2, 0.25) is 17.6 Å². The number of nitrogens with one attached hydrogen (secondary N) is 1. The SMILES string of the molecule is CCOCCCNC(=O)CCc1nc(-c2ccsc2)no1. The van der Waals surface area contributed by atoms with Crippen molar-refractivity contribution in [2.45, 2.75) is 26.2 Å². The molecule has 0 aliphatic heterocycles. The molecule has 0 unspecified atom stereocenters. The molecule has 2 rings (SSSR count). The Morgan fingerprint density at radius 3 is 3.19 bits per heavy atom. The molecular weight excluding hydrogens is 290 g/mol. The molecule has 114 valence electrons. The Labute approximate surface area is 127 Å². The third-order valence-corrected chi connectivity index (χ3v) is 3.49. The van der Waals surface area contributed by atoms with Gasteiger partial charge < -0.3 is 14.6 Å². The van der Waals surface area contributed by atoms with Gasteiger partial charge in [0.15, 0.2) is 0 Å². The van der Waals surface area contributed by atoms with Crippen LogP contribution in [0.15, 0.2) is 21.3 Å². The molecule has 0 saturated heterocycles. The van der Waals surface area contributed by atoms with E-state index in [4.69, 9.17) is 9.26 Å². The molecule has 21 heavy (non-hydrogen) atoms. The van der Waals surface area contributed by atoms with E-state index in [1.807, 2.05) is 23.8 Å². The fourth-order valence-electron chi connectivity index (χ4n) is 1.72. The standard InChI is InChI=1S/C14H19N3O3S/c1-2-19-8-3-7-15-12(18)4-5-13-16-14(17-20-13)11-6-9-21-10-11/h6,9-10H,2-5,7-8H2,1H3,(H,15,18). The summed E-state index contributed by atoms with van der Waals surface area (Å²) < 4.78 is 10.3. The van der Waals surface area contributed by atoms with E-state index < -0.39 is 0 Å². The number of thiophene rings is 1. The van der Waals surface area contributed by atoms with Gasteiger partial charge in [0.05, 0.1) is 0 Å². The van der Waals surface area contributed by atoms with Crippen LogP contribution < -0.4 is 5.32 Å². The Balaban J connectivity index is 1.67. The highest BCUT2D eigenvalue weighted by atomic mass is 32.1. The zero-order valence-corrected chi connectivity index (χ0v) is 12.8. The number of carbonyl (C=O) groups excluding carboxylic acids is 1. The van der Waals surface area contributed by atoms with Gasteiger partial charge in [0.1, 0.15) is 0 Å². The van der Waals surface area contributed by atoms with Crippen LogP contribution in [-0.2, 0) is 16.0 Å². The van der Waals surface area contributed by atoms with Crippen LogP contribution in [0.2, 0.25) is 0 Å². The molecule has 2 aromatic heterocycles. The Kier molecular flexibility index (Phi) is 6.36. The summed E-state index contributed by atoms with van der Waals surface area (Å²) >= 11 is 1.58. The maximum atomic E-state index is 11.6. The first-order valence-corrected chi connectivity index (χ1v) is 7.93. The molecule has 7 heteroatoms. The molecule has 0 spiro atoms. The molecule has 0 bridgehead atoms. The van der Waals surface area contributed by atoms with Crippen LogP contribution in [0, 0.1) is 0 Å². The predicted molar refractivity (Wildman–Crippen MR) is 80.1 cm³/mol. The molecule has 6 nitrogen and oxygen atoms in total. The quantitative estimate of drug-likeness (QED) is 0.719. The van der Waals surface area contributed by atoms with Crippen molar-refractivity contribution in [2.75, 3.05) is 19.8 Å². The highest BCUT2D eigenvalue weighted by Gasteiger charge is 2.10. The molecule has 1 N–H and O–H groups in total. The maximum absolute atomic E-state index is 11.6. The Morgan fingerprint density at radius 2 is 2.43 bits per heavy atom. The Bertz CT molecular complexity index is 539. The number of ether oxygens (including phenoxy) is 1. The van der Waals surface area contributed by atoms with Crippen LogP contribution in [0.5, 0.6) is 0 Å². The smallest absolute Gasteiger partial charge is 0.227 e. The van der Waals surface area contributed by atoms with Gasteiger partial charge in [-0.25, -0.2) is 0 Å². The molecule has 0 fully saturated rings.